The molecule has 0 atom stereocenters. The molecule has 114 valence electrons. The average molecular weight is 327 g/mol. The maximum atomic E-state index is 12.9. The molecular weight excluding hydrogens is 317 g/mol. The molecule has 0 bridgehead atoms. The summed E-state index contributed by atoms with van der Waals surface area (Å²) in [5, 5.41) is 10.3. The van der Waals surface area contributed by atoms with Crippen LogP contribution in [0.4, 0.5) is 24.7 Å². The first-order valence-corrected chi connectivity index (χ1v) is 6.75. The molecule has 0 saturated carbocycles. The third-order valence-corrected chi connectivity index (χ3v) is 3.63. The fourth-order valence-electron chi connectivity index (χ4n) is 2.27. The van der Waals surface area contributed by atoms with Gasteiger partial charge in [0, 0.05) is 6.54 Å². The van der Waals surface area contributed by atoms with E-state index in [1.54, 1.807) is 24.3 Å². The Balaban J connectivity index is 2.17. The van der Waals surface area contributed by atoms with Crippen LogP contribution in [-0.2, 0) is 6.18 Å². The number of pyridine rings is 1. The number of rotatable bonds is 1. The Morgan fingerprint density at radius 2 is 1.86 bits per heavy atom. The summed E-state index contributed by atoms with van der Waals surface area (Å²) >= 11 is 6.12. The second kappa shape index (κ2) is 5.21. The van der Waals surface area contributed by atoms with Gasteiger partial charge in [0.1, 0.15) is 17.3 Å². The third kappa shape index (κ3) is 2.50. The number of halogens is 4. The van der Waals surface area contributed by atoms with Gasteiger partial charge in [-0.15, -0.1) is 0 Å². The van der Waals surface area contributed by atoms with Gasteiger partial charge in [0.25, 0.3) is 0 Å². The lowest BCUT2D eigenvalue weighted by atomic mass is 10.1. The van der Waals surface area contributed by atoms with Crippen LogP contribution in [0, 0.1) is 0 Å². The minimum Gasteiger partial charge on any atom is -0.507 e. The maximum Gasteiger partial charge on any atom is 0.433 e. The molecule has 1 aromatic heterocycles. The lowest BCUT2D eigenvalue weighted by Gasteiger charge is -2.29. The van der Waals surface area contributed by atoms with Crippen LogP contribution < -0.4 is 4.90 Å². The van der Waals surface area contributed by atoms with Crippen molar-refractivity contribution in [1.82, 2.24) is 4.98 Å². The summed E-state index contributed by atoms with van der Waals surface area (Å²) in [5.41, 5.74) is -0.252. The number of aliphatic hydroxyl groups excluding tert-OH is 1. The van der Waals surface area contributed by atoms with Crippen LogP contribution >= 0.6 is 11.6 Å². The predicted molar refractivity (Wildman–Crippen MR) is 78.3 cm³/mol. The molecule has 0 fully saturated rings. The van der Waals surface area contributed by atoms with Crippen molar-refractivity contribution < 1.29 is 18.3 Å². The minimum atomic E-state index is -4.56. The second-order valence-electron chi connectivity index (χ2n) is 4.72. The van der Waals surface area contributed by atoms with E-state index in [1.165, 1.54) is 17.0 Å². The normalized spacial score (nSPS) is 14.5. The summed E-state index contributed by atoms with van der Waals surface area (Å²) in [6.07, 6.45) is -3.06. The number of aliphatic hydroxyl groups is 1. The van der Waals surface area contributed by atoms with Gasteiger partial charge in [0.05, 0.1) is 16.3 Å². The Hall–Kier alpha value is -2.21. The fourth-order valence-corrected chi connectivity index (χ4v) is 2.51. The molecule has 2 heterocycles. The van der Waals surface area contributed by atoms with Crippen LogP contribution in [0.15, 0.2) is 42.5 Å². The van der Waals surface area contributed by atoms with Crippen molar-refractivity contribution in [2.75, 3.05) is 11.4 Å². The summed E-state index contributed by atoms with van der Waals surface area (Å²) in [4.78, 5) is 5.21. The van der Waals surface area contributed by atoms with E-state index in [9.17, 15) is 18.3 Å². The number of alkyl halides is 3. The van der Waals surface area contributed by atoms with E-state index in [1.807, 2.05) is 0 Å². The molecule has 1 aliphatic heterocycles. The van der Waals surface area contributed by atoms with E-state index in [0.717, 1.165) is 6.07 Å². The molecule has 2 aromatic rings. The van der Waals surface area contributed by atoms with E-state index in [0.29, 0.717) is 10.7 Å². The van der Waals surface area contributed by atoms with Crippen molar-refractivity contribution in [2.45, 2.75) is 6.18 Å². The maximum absolute atomic E-state index is 12.9. The van der Waals surface area contributed by atoms with Gasteiger partial charge < -0.3 is 10.0 Å². The van der Waals surface area contributed by atoms with Crippen LogP contribution in [0.2, 0.25) is 5.02 Å². The summed E-state index contributed by atoms with van der Waals surface area (Å²) in [6, 6.07) is 8.84. The van der Waals surface area contributed by atoms with Gasteiger partial charge in [-0.1, -0.05) is 23.7 Å². The van der Waals surface area contributed by atoms with Crippen molar-refractivity contribution >= 4 is 28.9 Å². The predicted octanol–water partition coefficient (Wildman–Crippen LogP) is 4.80. The largest absolute Gasteiger partial charge is 0.507 e. The van der Waals surface area contributed by atoms with E-state index in [-0.39, 0.29) is 23.7 Å². The number of aromatic nitrogens is 1. The van der Waals surface area contributed by atoms with E-state index in [4.69, 9.17) is 11.6 Å². The van der Waals surface area contributed by atoms with Crippen LogP contribution in [0.5, 0.6) is 0 Å². The van der Waals surface area contributed by atoms with Gasteiger partial charge >= 0.3 is 6.18 Å². The summed E-state index contributed by atoms with van der Waals surface area (Å²) in [5.74, 6) is -0.0672. The number of fused-ring (bicyclic) bond motifs is 1. The molecule has 0 radical (unpaired) electrons. The zero-order valence-corrected chi connectivity index (χ0v) is 11.9. The number of para-hydroxylation sites is 1. The van der Waals surface area contributed by atoms with Crippen molar-refractivity contribution in [2.24, 2.45) is 0 Å². The van der Waals surface area contributed by atoms with Gasteiger partial charge in [-0.3, -0.25) is 0 Å². The zero-order chi connectivity index (χ0) is 15.9. The second-order valence-corrected chi connectivity index (χ2v) is 5.12. The first-order valence-electron chi connectivity index (χ1n) is 6.38. The Morgan fingerprint density at radius 1 is 1.14 bits per heavy atom. The average Bonchev–Trinajstić information content (AvgIpc) is 2.47. The summed E-state index contributed by atoms with van der Waals surface area (Å²) in [7, 11) is 0. The lowest BCUT2D eigenvalue weighted by molar-refractivity contribution is -0.141. The molecule has 1 aromatic carbocycles. The van der Waals surface area contributed by atoms with Crippen molar-refractivity contribution in [1.29, 1.82) is 0 Å². The monoisotopic (exact) mass is 326 g/mol. The van der Waals surface area contributed by atoms with E-state index in [2.05, 4.69) is 4.98 Å². The number of hydrogen-bond acceptors (Lipinski definition) is 3. The molecule has 0 spiro atoms. The molecule has 7 heteroatoms. The molecule has 0 unspecified atom stereocenters. The molecule has 0 saturated heterocycles. The van der Waals surface area contributed by atoms with Gasteiger partial charge in [-0.2, -0.15) is 13.2 Å². The minimum absolute atomic E-state index is 0.0305. The highest BCUT2D eigenvalue weighted by Crippen LogP contribution is 2.39. The Bertz CT molecular complexity index is 759. The number of benzene rings is 1. The molecule has 1 N–H and O–H groups in total. The van der Waals surface area contributed by atoms with E-state index >= 15 is 0 Å². The van der Waals surface area contributed by atoms with Gasteiger partial charge in [0.15, 0.2) is 0 Å². The van der Waals surface area contributed by atoms with Crippen molar-refractivity contribution in [3.05, 3.63) is 58.8 Å². The molecule has 1 aliphatic rings. The molecule has 0 aliphatic carbocycles. The van der Waals surface area contributed by atoms with E-state index < -0.39 is 11.9 Å². The highest BCUT2D eigenvalue weighted by Gasteiger charge is 2.34. The molecule has 3 rings (SSSR count). The quantitative estimate of drug-likeness (QED) is 0.817. The first-order chi connectivity index (χ1) is 10.4. The Kier molecular flexibility index (Phi) is 3.48. The first kappa shape index (κ1) is 14.7. The molecule has 3 nitrogen and oxygen atoms in total. The van der Waals surface area contributed by atoms with Gasteiger partial charge in [0.2, 0.25) is 0 Å². The smallest absolute Gasteiger partial charge is 0.433 e. The standard InChI is InChI=1S/C15H10ClF3N2O/c16-10-3-1-2-4-11(10)21-8-7-12(22)9-5-6-13(15(17,18)19)20-14(9)21/h1-7,22H,8H2. The van der Waals surface area contributed by atoms with Crippen molar-refractivity contribution in [3.8, 4) is 0 Å². The molecule has 0 amide bonds. The molecular formula is C15H10ClF3N2O. The Morgan fingerprint density at radius 3 is 2.55 bits per heavy atom. The zero-order valence-electron chi connectivity index (χ0n) is 11.1. The highest BCUT2D eigenvalue weighted by molar-refractivity contribution is 6.33. The summed E-state index contributed by atoms with van der Waals surface area (Å²) < 4.78 is 38.6. The number of anilines is 2. The third-order valence-electron chi connectivity index (χ3n) is 3.31. The highest BCUT2D eigenvalue weighted by atomic mass is 35.5. The SMILES string of the molecule is OC1=CCN(c2ccccc2Cl)c2nc(C(F)(F)F)ccc21. The van der Waals surface area contributed by atoms with Crippen LogP contribution in [0.1, 0.15) is 11.3 Å². The van der Waals surface area contributed by atoms with Gasteiger partial charge in [-0.25, -0.2) is 4.98 Å². The number of nitrogens with zero attached hydrogens (tertiary/aromatic N) is 2. The molecule has 22 heavy (non-hydrogen) atoms. The topological polar surface area (TPSA) is 36.4 Å². The van der Waals surface area contributed by atoms with Crippen LogP contribution in [0.3, 0.4) is 0 Å². The van der Waals surface area contributed by atoms with Gasteiger partial charge in [-0.05, 0) is 30.3 Å². The lowest BCUT2D eigenvalue weighted by Crippen LogP contribution is -2.25. The number of hydrogen-bond donors (Lipinski definition) is 1. The van der Waals surface area contributed by atoms with Crippen molar-refractivity contribution in [3.63, 3.8) is 0 Å². The van der Waals surface area contributed by atoms with Crippen LogP contribution in [0.25, 0.3) is 5.76 Å². The summed E-state index contributed by atoms with van der Waals surface area (Å²) in [6.45, 7) is 0.177. The van der Waals surface area contributed by atoms with Crippen LogP contribution in [-0.4, -0.2) is 16.6 Å². The fraction of sp³-hybridized carbons (Fsp3) is 0.133. The Labute approximate surface area is 129 Å².